The van der Waals surface area contributed by atoms with E-state index in [9.17, 15) is 4.79 Å². The van der Waals surface area contributed by atoms with Crippen molar-refractivity contribution in [3.63, 3.8) is 0 Å². The first kappa shape index (κ1) is 9.51. The molecule has 1 rings (SSSR count). The summed E-state index contributed by atoms with van der Waals surface area (Å²) < 4.78 is 1.47. The van der Waals surface area contributed by atoms with Crippen LogP contribution < -0.4 is 0 Å². The highest BCUT2D eigenvalue weighted by atomic mass is 16.4. The average molecular weight is 180 g/mol. The molecule has 13 heavy (non-hydrogen) atoms. The number of nitrogens with zero attached hydrogens (tertiary/aromatic N) is 2. The Morgan fingerprint density at radius 1 is 1.92 bits per heavy atom. The molecule has 1 N–H and O–H groups in total. The number of rotatable bonds is 4. The van der Waals surface area contributed by atoms with Crippen LogP contribution in [0.15, 0.2) is 24.9 Å². The van der Waals surface area contributed by atoms with Crippen molar-refractivity contribution in [2.75, 3.05) is 0 Å². The Hall–Kier alpha value is -1.58. The molecule has 0 saturated carbocycles. The molecule has 1 aromatic rings. The van der Waals surface area contributed by atoms with Crippen molar-refractivity contribution in [2.45, 2.75) is 13.5 Å². The van der Waals surface area contributed by atoms with E-state index in [2.05, 4.69) is 11.7 Å². The quantitative estimate of drug-likeness (QED) is 0.712. The summed E-state index contributed by atoms with van der Waals surface area (Å²) in [5.41, 5.74) is 0.216. The van der Waals surface area contributed by atoms with Gasteiger partial charge in [0.1, 0.15) is 5.69 Å². The van der Waals surface area contributed by atoms with Crippen molar-refractivity contribution in [1.82, 2.24) is 9.78 Å². The lowest BCUT2D eigenvalue weighted by molar-refractivity contribution is 0.0682. The SMILES string of the molecule is C=CC(C)Cn1nccc1C(=O)O. The molecule has 4 heteroatoms. The average Bonchev–Trinajstić information content (AvgIpc) is 2.52. The highest BCUT2D eigenvalue weighted by Crippen LogP contribution is 2.04. The van der Waals surface area contributed by atoms with Crippen LogP contribution in [0, 0.1) is 5.92 Å². The molecule has 1 heterocycles. The Labute approximate surface area is 76.5 Å². The highest BCUT2D eigenvalue weighted by Gasteiger charge is 2.10. The van der Waals surface area contributed by atoms with Gasteiger partial charge in [0.05, 0.1) is 0 Å². The molecule has 0 fully saturated rings. The molecule has 0 bridgehead atoms. The van der Waals surface area contributed by atoms with Gasteiger partial charge >= 0.3 is 5.97 Å². The number of hydrogen-bond donors (Lipinski definition) is 1. The summed E-state index contributed by atoms with van der Waals surface area (Å²) in [5, 5.41) is 12.7. The fourth-order valence-corrected chi connectivity index (χ4v) is 1.01. The lowest BCUT2D eigenvalue weighted by Crippen LogP contribution is -2.13. The van der Waals surface area contributed by atoms with Crippen molar-refractivity contribution >= 4 is 5.97 Å². The molecule has 0 radical (unpaired) electrons. The molecule has 1 unspecified atom stereocenters. The topological polar surface area (TPSA) is 55.1 Å². The molecule has 4 nitrogen and oxygen atoms in total. The van der Waals surface area contributed by atoms with Crippen molar-refractivity contribution in [2.24, 2.45) is 5.92 Å². The summed E-state index contributed by atoms with van der Waals surface area (Å²) in [6.07, 6.45) is 3.26. The summed E-state index contributed by atoms with van der Waals surface area (Å²) in [6, 6.07) is 1.48. The molecular weight excluding hydrogens is 168 g/mol. The third-order valence-corrected chi connectivity index (χ3v) is 1.80. The van der Waals surface area contributed by atoms with Crippen LogP contribution in [0.1, 0.15) is 17.4 Å². The Kier molecular flexibility index (Phi) is 2.84. The zero-order chi connectivity index (χ0) is 9.84. The molecule has 0 spiro atoms. The Morgan fingerprint density at radius 3 is 3.15 bits per heavy atom. The molecule has 0 amide bonds. The van der Waals surface area contributed by atoms with E-state index < -0.39 is 5.97 Å². The monoisotopic (exact) mass is 180 g/mol. The molecule has 70 valence electrons. The van der Waals surface area contributed by atoms with E-state index in [1.54, 1.807) is 6.08 Å². The van der Waals surface area contributed by atoms with Gasteiger partial charge in [0.15, 0.2) is 0 Å². The van der Waals surface area contributed by atoms with Crippen LogP contribution in [-0.2, 0) is 6.54 Å². The first-order chi connectivity index (χ1) is 6.15. The van der Waals surface area contributed by atoms with Crippen LogP contribution in [0.4, 0.5) is 0 Å². The van der Waals surface area contributed by atoms with Gasteiger partial charge < -0.3 is 5.11 Å². The summed E-state index contributed by atoms with van der Waals surface area (Å²) in [7, 11) is 0. The Morgan fingerprint density at radius 2 is 2.62 bits per heavy atom. The Balaban J connectivity index is 2.82. The van der Waals surface area contributed by atoms with Gasteiger partial charge in [-0.05, 0) is 12.0 Å². The number of aromatic carboxylic acids is 1. The molecule has 0 aliphatic carbocycles. The first-order valence-electron chi connectivity index (χ1n) is 4.02. The fraction of sp³-hybridized carbons (Fsp3) is 0.333. The molecular formula is C9H12N2O2. The van der Waals surface area contributed by atoms with E-state index in [4.69, 9.17) is 5.11 Å². The van der Waals surface area contributed by atoms with Crippen molar-refractivity contribution in [3.05, 3.63) is 30.6 Å². The maximum absolute atomic E-state index is 10.7. The minimum atomic E-state index is -0.950. The van der Waals surface area contributed by atoms with Crippen LogP contribution >= 0.6 is 0 Å². The zero-order valence-corrected chi connectivity index (χ0v) is 7.47. The lowest BCUT2D eigenvalue weighted by Gasteiger charge is -2.07. The van der Waals surface area contributed by atoms with Gasteiger partial charge in [0.2, 0.25) is 0 Å². The van der Waals surface area contributed by atoms with Gasteiger partial charge in [0, 0.05) is 12.7 Å². The number of carbonyl (C=O) groups is 1. The minimum Gasteiger partial charge on any atom is -0.477 e. The van der Waals surface area contributed by atoms with E-state index in [0.717, 1.165) is 0 Å². The van der Waals surface area contributed by atoms with Gasteiger partial charge in [0.25, 0.3) is 0 Å². The summed E-state index contributed by atoms with van der Waals surface area (Å²) in [6.45, 7) is 6.14. The molecule has 0 saturated heterocycles. The van der Waals surface area contributed by atoms with Crippen molar-refractivity contribution in [3.8, 4) is 0 Å². The predicted molar refractivity (Wildman–Crippen MR) is 48.5 cm³/mol. The van der Waals surface area contributed by atoms with Gasteiger partial charge in [-0.15, -0.1) is 6.58 Å². The second-order valence-electron chi connectivity index (χ2n) is 2.92. The number of aromatic nitrogens is 2. The third kappa shape index (κ3) is 2.18. The molecule has 0 aromatic carbocycles. The van der Waals surface area contributed by atoms with E-state index in [0.29, 0.717) is 6.54 Å². The number of carboxylic acids is 1. The van der Waals surface area contributed by atoms with Gasteiger partial charge in [-0.1, -0.05) is 13.0 Å². The number of hydrogen-bond acceptors (Lipinski definition) is 2. The van der Waals surface area contributed by atoms with Crippen molar-refractivity contribution in [1.29, 1.82) is 0 Å². The van der Waals surface area contributed by atoms with Crippen LogP contribution in [0.2, 0.25) is 0 Å². The standard InChI is InChI=1S/C9H12N2O2/c1-3-7(2)6-11-8(9(12)13)4-5-10-11/h3-5,7H,1,6H2,2H3,(H,12,13). The maximum atomic E-state index is 10.7. The van der Waals surface area contributed by atoms with E-state index >= 15 is 0 Å². The minimum absolute atomic E-state index is 0.216. The van der Waals surface area contributed by atoms with Gasteiger partial charge in [-0.25, -0.2) is 4.79 Å². The van der Waals surface area contributed by atoms with E-state index in [-0.39, 0.29) is 11.6 Å². The Bertz CT molecular complexity index is 317. The second kappa shape index (κ2) is 3.89. The van der Waals surface area contributed by atoms with E-state index in [1.807, 2.05) is 6.92 Å². The normalized spacial score (nSPS) is 12.4. The van der Waals surface area contributed by atoms with Gasteiger partial charge in [-0.3, -0.25) is 4.68 Å². The largest absolute Gasteiger partial charge is 0.477 e. The third-order valence-electron chi connectivity index (χ3n) is 1.80. The molecule has 0 aliphatic rings. The second-order valence-corrected chi connectivity index (χ2v) is 2.92. The van der Waals surface area contributed by atoms with E-state index in [1.165, 1.54) is 16.9 Å². The smallest absolute Gasteiger partial charge is 0.354 e. The molecule has 0 aliphatic heterocycles. The number of allylic oxidation sites excluding steroid dienone is 1. The van der Waals surface area contributed by atoms with Crippen LogP contribution in [0.25, 0.3) is 0 Å². The lowest BCUT2D eigenvalue weighted by atomic mass is 10.2. The van der Waals surface area contributed by atoms with Crippen LogP contribution in [-0.4, -0.2) is 20.9 Å². The van der Waals surface area contributed by atoms with Crippen molar-refractivity contribution < 1.29 is 9.90 Å². The maximum Gasteiger partial charge on any atom is 0.354 e. The number of carboxylic acid groups (broad SMARTS) is 1. The van der Waals surface area contributed by atoms with Crippen LogP contribution in [0.5, 0.6) is 0 Å². The predicted octanol–water partition coefficient (Wildman–Crippen LogP) is 1.40. The molecule has 1 aromatic heterocycles. The summed E-state index contributed by atoms with van der Waals surface area (Å²) in [5.74, 6) is -0.730. The van der Waals surface area contributed by atoms with Crippen LogP contribution in [0.3, 0.4) is 0 Å². The summed E-state index contributed by atoms with van der Waals surface area (Å²) >= 11 is 0. The zero-order valence-electron chi connectivity index (χ0n) is 7.47. The highest BCUT2D eigenvalue weighted by molar-refractivity contribution is 5.85. The fourth-order valence-electron chi connectivity index (χ4n) is 1.01. The van der Waals surface area contributed by atoms with Gasteiger partial charge in [-0.2, -0.15) is 5.10 Å². The molecule has 1 atom stereocenters. The summed E-state index contributed by atoms with van der Waals surface area (Å²) in [4.78, 5) is 10.7. The first-order valence-corrected chi connectivity index (χ1v) is 4.02.